The van der Waals surface area contributed by atoms with E-state index in [1.807, 2.05) is 0 Å². The van der Waals surface area contributed by atoms with Crippen molar-refractivity contribution < 1.29 is 9.66 Å². The first-order chi connectivity index (χ1) is 9.24. The first-order valence-electron chi connectivity index (χ1n) is 5.95. The van der Waals surface area contributed by atoms with Crippen molar-refractivity contribution in [2.24, 2.45) is 0 Å². The van der Waals surface area contributed by atoms with Crippen molar-refractivity contribution in [3.63, 3.8) is 0 Å². The summed E-state index contributed by atoms with van der Waals surface area (Å²) in [5.41, 5.74) is 0.369. The van der Waals surface area contributed by atoms with Crippen molar-refractivity contribution >= 4 is 32.5 Å². The second kappa shape index (κ2) is 6.47. The number of aromatic nitrogens is 1. The molecule has 100 valence electrons. The molecule has 0 atom stereocenters. The molecular weight excluding hydrogens is 312 g/mol. The van der Waals surface area contributed by atoms with E-state index in [1.54, 1.807) is 24.4 Å². The van der Waals surface area contributed by atoms with Crippen LogP contribution in [0.3, 0.4) is 0 Å². The monoisotopic (exact) mass is 324 g/mol. The van der Waals surface area contributed by atoms with Gasteiger partial charge in [0.15, 0.2) is 5.52 Å². The van der Waals surface area contributed by atoms with Gasteiger partial charge in [-0.1, -0.05) is 15.9 Å². The summed E-state index contributed by atoms with van der Waals surface area (Å²) in [5.74, 6) is 0.642. The van der Waals surface area contributed by atoms with E-state index in [0.29, 0.717) is 23.3 Å². The van der Waals surface area contributed by atoms with Crippen LogP contribution in [-0.4, -0.2) is 21.8 Å². The Morgan fingerprint density at radius 3 is 2.89 bits per heavy atom. The van der Waals surface area contributed by atoms with E-state index in [-0.39, 0.29) is 5.69 Å². The standard InChI is InChI=1S/C13H13BrN2O3/c14-7-1-2-9-19-12-6-5-11(16(17)18)13-10(12)4-3-8-15-13/h3-6,8H,1-2,7,9H2. The maximum absolute atomic E-state index is 10.9. The SMILES string of the molecule is O=[N+]([O-])c1ccc(OCCCCBr)c2cccnc12. The van der Waals surface area contributed by atoms with Gasteiger partial charge in [-0.25, -0.2) is 4.98 Å². The van der Waals surface area contributed by atoms with Crippen LogP contribution in [0.5, 0.6) is 5.75 Å². The Morgan fingerprint density at radius 2 is 2.16 bits per heavy atom. The summed E-state index contributed by atoms with van der Waals surface area (Å²) in [4.78, 5) is 14.6. The van der Waals surface area contributed by atoms with Crippen molar-refractivity contribution in [1.29, 1.82) is 0 Å². The Hall–Kier alpha value is -1.69. The molecule has 0 unspecified atom stereocenters. The number of ether oxygens (including phenoxy) is 1. The van der Waals surface area contributed by atoms with E-state index in [1.165, 1.54) is 6.07 Å². The van der Waals surface area contributed by atoms with E-state index in [9.17, 15) is 10.1 Å². The molecule has 0 fully saturated rings. The highest BCUT2D eigenvalue weighted by molar-refractivity contribution is 9.09. The van der Waals surface area contributed by atoms with Gasteiger partial charge in [0.1, 0.15) is 5.75 Å². The molecule has 0 aliphatic rings. The molecule has 0 aliphatic heterocycles. The molecular formula is C13H13BrN2O3. The molecule has 1 heterocycles. The molecule has 0 amide bonds. The molecule has 0 bridgehead atoms. The number of nitro groups is 1. The average Bonchev–Trinajstić information content (AvgIpc) is 2.43. The number of benzene rings is 1. The third-order valence-electron chi connectivity index (χ3n) is 2.69. The van der Waals surface area contributed by atoms with Crippen LogP contribution in [0.4, 0.5) is 5.69 Å². The van der Waals surface area contributed by atoms with Crippen LogP contribution in [0, 0.1) is 10.1 Å². The van der Waals surface area contributed by atoms with Gasteiger partial charge in [-0.2, -0.15) is 0 Å². The summed E-state index contributed by atoms with van der Waals surface area (Å²) in [6.07, 6.45) is 3.51. The van der Waals surface area contributed by atoms with Gasteiger partial charge in [0.25, 0.3) is 5.69 Å². The molecule has 0 aliphatic carbocycles. The fraction of sp³-hybridized carbons (Fsp3) is 0.308. The van der Waals surface area contributed by atoms with Crippen LogP contribution in [0.2, 0.25) is 0 Å². The third kappa shape index (κ3) is 3.20. The number of hydrogen-bond acceptors (Lipinski definition) is 4. The minimum atomic E-state index is -0.427. The smallest absolute Gasteiger partial charge is 0.295 e. The first kappa shape index (κ1) is 13.7. The largest absolute Gasteiger partial charge is 0.493 e. The summed E-state index contributed by atoms with van der Waals surface area (Å²) < 4.78 is 5.67. The van der Waals surface area contributed by atoms with Crippen LogP contribution >= 0.6 is 15.9 Å². The van der Waals surface area contributed by atoms with Gasteiger partial charge in [-0.05, 0) is 31.0 Å². The summed E-state index contributed by atoms with van der Waals surface area (Å²) in [5, 5.41) is 12.6. The van der Waals surface area contributed by atoms with Crippen molar-refractivity contribution in [3.8, 4) is 5.75 Å². The minimum Gasteiger partial charge on any atom is -0.493 e. The summed E-state index contributed by atoms with van der Waals surface area (Å²) in [6, 6.07) is 6.61. The second-order valence-corrected chi connectivity index (χ2v) is 4.78. The highest BCUT2D eigenvalue weighted by Gasteiger charge is 2.15. The van der Waals surface area contributed by atoms with E-state index >= 15 is 0 Å². The van der Waals surface area contributed by atoms with Crippen molar-refractivity contribution in [3.05, 3.63) is 40.6 Å². The van der Waals surface area contributed by atoms with E-state index in [4.69, 9.17) is 4.74 Å². The molecule has 0 N–H and O–H groups in total. The van der Waals surface area contributed by atoms with Gasteiger partial charge >= 0.3 is 0 Å². The van der Waals surface area contributed by atoms with Gasteiger partial charge < -0.3 is 4.74 Å². The number of halogens is 1. The molecule has 5 nitrogen and oxygen atoms in total. The third-order valence-corrected chi connectivity index (χ3v) is 3.25. The van der Waals surface area contributed by atoms with Gasteiger partial charge in [0, 0.05) is 23.0 Å². The molecule has 2 aromatic rings. The van der Waals surface area contributed by atoms with Crippen molar-refractivity contribution in [2.75, 3.05) is 11.9 Å². The number of unbranched alkanes of at least 4 members (excludes halogenated alkanes) is 1. The molecule has 19 heavy (non-hydrogen) atoms. The van der Waals surface area contributed by atoms with Crippen LogP contribution < -0.4 is 4.74 Å². The van der Waals surface area contributed by atoms with E-state index in [0.717, 1.165) is 18.2 Å². The summed E-state index contributed by atoms with van der Waals surface area (Å²) >= 11 is 3.36. The molecule has 0 saturated carbocycles. The van der Waals surface area contributed by atoms with Gasteiger partial charge in [0.05, 0.1) is 11.5 Å². The quantitative estimate of drug-likeness (QED) is 0.352. The Morgan fingerprint density at radius 1 is 1.32 bits per heavy atom. The predicted molar refractivity (Wildman–Crippen MR) is 76.9 cm³/mol. The van der Waals surface area contributed by atoms with Crippen LogP contribution in [0.15, 0.2) is 30.5 Å². The van der Waals surface area contributed by atoms with E-state index in [2.05, 4.69) is 20.9 Å². The maximum atomic E-state index is 10.9. The van der Waals surface area contributed by atoms with Gasteiger partial charge in [-0.15, -0.1) is 0 Å². The number of alkyl halides is 1. The number of rotatable bonds is 6. The Balaban J connectivity index is 2.30. The maximum Gasteiger partial charge on any atom is 0.295 e. The minimum absolute atomic E-state index is 0.00316. The molecule has 0 spiro atoms. The molecule has 0 radical (unpaired) electrons. The van der Waals surface area contributed by atoms with Gasteiger partial charge in [0.2, 0.25) is 0 Å². The second-order valence-electron chi connectivity index (χ2n) is 3.98. The number of fused-ring (bicyclic) bond motifs is 1. The van der Waals surface area contributed by atoms with Crippen LogP contribution in [-0.2, 0) is 0 Å². The zero-order valence-electron chi connectivity index (χ0n) is 10.2. The lowest BCUT2D eigenvalue weighted by Gasteiger charge is -2.08. The number of hydrogen-bond donors (Lipinski definition) is 0. The predicted octanol–water partition coefficient (Wildman–Crippen LogP) is 3.70. The highest BCUT2D eigenvalue weighted by Crippen LogP contribution is 2.31. The zero-order valence-corrected chi connectivity index (χ0v) is 11.8. The van der Waals surface area contributed by atoms with Crippen LogP contribution in [0.1, 0.15) is 12.8 Å². The Kier molecular flexibility index (Phi) is 4.68. The summed E-state index contributed by atoms with van der Waals surface area (Å²) in [6.45, 7) is 0.591. The average molecular weight is 325 g/mol. The fourth-order valence-corrected chi connectivity index (χ4v) is 2.18. The summed E-state index contributed by atoms with van der Waals surface area (Å²) in [7, 11) is 0. The number of nitrogens with zero attached hydrogens (tertiary/aromatic N) is 2. The normalized spacial score (nSPS) is 10.6. The Bertz CT molecular complexity index is 589. The lowest BCUT2D eigenvalue weighted by Crippen LogP contribution is -1.99. The molecule has 1 aromatic heterocycles. The topological polar surface area (TPSA) is 65.3 Å². The van der Waals surface area contributed by atoms with Crippen molar-refractivity contribution in [1.82, 2.24) is 4.98 Å². The lowest BCUT2D eigenvalue weighted by atomic mass is 10.1. The molecule has 1 aromatic carbocycles. The zero-order chi connectivity index (χ0) is 13.7. The van der Waals surface area contributed by atoms with Crippen LogP contribution in [0.25, 0.3) is 10.9 Å². The number of nitro benzene ring substituents is 1. The molecule has 0 saturated heterocycles. The first-order valence-corrected chi connectivity index (χ1v) is 7.07. The van der Waals surface area contributed by atoms with Gasteiger partial charge in [-0.3, -0.25) is 10.1 Å². The number of non-ortho nitro benzene ring substituents is 1. The molecule has 6 heteroatoms. The van der Waals surface area contributed by atoms with Crippen molar-refractivity contribution in [2.45, 2.75) is 12.8 Å². The fourth-order valence-electron chi connectivity index (χ4n) is 1.78. The Labute approximate surface area is 118 Å². The number of pyridine rings is 1. The lowest BCUT2D eigenvalue weighted by molar-refractivity contribution is -0.383. The highest BCUT2D eigenvalue weighted by atomic mass is 79.9. The van der Waals surface area contributed by atoms with E-state index < -0.39 is 4.92 Å². The molecule has 2 rings (SSSR count).